The number of hydrogen-bond donors (Lipinski definition) is 0. The standard InChI is InChI=1S/C19H27NO3/c1-12(2)7-14-11-20-6-5-13-8-18(22-3)19(23-4)9-15(13)16(20)10-17(14)21/h8-9,12,14,16H,5-7,10-11H2,1-4H3/i4D3,11D2. The van der Waals surface area contributed by atoms with Gasteiger partial charge in [-0.05, 0) is 42.0 Å². The zero-order chi connectivity index (χ0) is 20.9. The summed E-state index contributed by atoms with van der Waals surface area (Å²) in [5.41, 5.74) is 1.67. The lowest BCUT2D eigenvalue weighted by Crippen LogP contribution is -2.46. The van der Waals surface area contributed by atoms with Crippen molar-refractivity contribution < 1.29 is 21.1 Å². The molecule has 2 aliphatic rings. The lowest BCUT2D eigenvalue weighted by atomic mass is 9.80. The predicted molar refractivity (Wildman–Crippen MR) is 90.1 cm³/mol. The Balaban J connectivity index is 2.01. The Hall–Kier alpha value is -1.55. The number of carbonyl (C=O) groups is 1. The third-order valence-corrected chi connectivity index (χ3v) is 4.70. The van der Waals surface area contributed by atoms with Gasteiger partial charge in [-0.25, -0.2) is 0 Å². The van der Waals surface area contributed by atoms with Crippen LogP contribution in [0.25, 0.3) is 0 Å². The molecule has 0 amide bonds. The van der Waals surface area contributed by atoms with Crippen LogP contribution in [0, 0.1) is 11.8 Å². The van der Waals surface area contributed by atoms with Gasteiger partial charge in [-0.3, -0.25) is 9.69 Å². The lowest BCUT2D eigenvalue weighted by Gasteiger charge is -2.43. The molecule has 0 saturated carbocycles. The van der Waals surface area contributed by atoms with E-state index in [1.54, 1.807) is 17.0 Å². The minimum Gasteiger partial charge on any atom is -0.493 e. The number of piperidine rings is 1. The summed E-state index contributed by atoms with van der Waals surface area (Å²) in [6.45, 7) is 2.74. The number of ketones is 1. The number of Topliss-reactive ketones (excluding diaryl/α,β-unsaturated/α-hetero) is 1. The van der Waals surface area contributed by atoms with Crippen LogP contribution in [0.3, 0.4) is 0 Å². The second-order valence-electron chi connectivity index (χ2n) is 6.74. The number of ether oxygens (including phenoxy) is 2. The molecule has 126 valence electrons. The van der Waals surface area contributed by atoms with E-state index in [1.807, 2.05) is 13.8 Å². The van der Waals surface area contributed by atoms with Crippen molar-refractivity contribution in [2.24, 2.45) is 11.8 Å². The number of carbonyl (C=O) groups excluding carboxylic acids is 1. The molecule has 0 radical (unpaired) electrons. The Labute approximate surface area is 145 Å². The highest BCUT2D eigenvalue weighted by Crippen LogP contribution is 2.42. The van der Waals surface area contributed by atoms with Crippen molar-refractivity contribution in [3.8, 4) is 11.5 Å². The highest BCUT2D eigenvalue weighted by molar-refractivity contribution is 5.83. The van der Waals surface area contributed by atoms with E-state index in [1.165, 1.54) is 7.11 Å². The van der Waals surface area contributed by atoms with Crippen molar-refractivity contribution in [3.63, 3.8) is 0 Å². The molecule has 2 unspecified atom stereocenters. The quantitative estimate of drug-likeness (QED) is 0.853. The summed E-state index contributed by atoms with van der Waals surface area (Å²) in [4.78, 5) is 14.6. The number of hydrogen-bond acceptors (Lipinski definition) is 4. The van der Waals surface area contributed by atoms with Gasteiger partial charge in [-0.15, -0.1) is 0 Å². The van der Waals surface area contributed by atoms with E-state index < -0.39 is 25.5 Å². The van der Waals surface area contributed by atoms with Crippen LogP contribution >= 0.6 is 0 Å². The largest absolute Gasteiger partial charge is 0.493 e. The molecule has 23 heavy (non-hydrogen) atoms. The van der Waals surface area contributed by atoms with Crippen LogP contribution in [0.1, 0.15) is 50.7 Å². The molecule has 4 nitrogen and oxygen atoms in total. The first kappa shape index (κ1) is 11.1. The molecule has 1 aromatic carbocycles. The van der Waals surface area contributed by atoms with Gasteiger partial charge in [-0.1, -0.05) is 13.8 Å². The van der Waals surface area contributed by atoms with Crippen molar-refractivity contribution >= 4 is 5.78 Å². The summed E-state index contributed by atoms with van der Waals surface area (Å²) >= 11 is 0. The second-order valence-corrected chi connectivity index (χ2v) is 6.74. The summed E-state index contributed by atoms with van der Waals surface area (Å²) in [6.07, 6.45) is 1.32. The first-order valence-electron chi connectivity index (χ1n) is 10.6. The van der Waals surface area contributed by atoms with E-state index in [0.29, 0.717) is 25.1 Å². The zero-order valence-corrected chi connectivity index (χ0v) is 13.9. The fraction of sp³-hybridized carbons (Fsp3) is 0.632. The number of rotatable bonds is 4. The number of fused-ring (bicyclic) bond motifs is 3. The summed E-state index contributed by atoms with van der Waals surface area (Å²) in [5.74, 6) is -0.101. The average molecular weight is 322 g/mol. The Morgan fingerprint density at radius 3 is 2.87 bits per heavy atom. The molecule has 1 fully saturated rings. The number of benzene rings is 1. The topological polar surface area (TPSA) is 38.8 Å². The van der Waals surface area contributed by atoms with Gasteiger partial charge in [0.15, 0.2) is 11.5 Å². The maximum Gasteiger partial charge on any atom is 0.161 e. The highest BCUT2D eigenvalue weighted by atomic mass is 16.5. The normalized spacial score (nSPS) is 30.3. The fourth-order valence-corrected chi connectivity index (χ4v) is 3.58. The second kappa shape index (κ2) is 6.52. The van der Waals surface area contributed by atoms with Crippen LogP contribution in [0.4, 0.5) is 0 Å². The Kier molecular flexibility index (Phi) is 3.14. The van der Waals surface area contributed by atoms with E-state index in [0.717, 1.165) is 11.1 Å². The van der Waals surface area contributed by atoms with Crippen LogP contribution in [-0.4, -0.2) is 37.9 Å². The van der Waals surface area contributed by atoms with E-state index in [2.05, 4.69) is 0 Å². The monoisotopic (exact) mass is 322 g/mol. The first-order valence-corrected chi connectivity index (χ1v) is 8.13. The molecule has 0 N–H and O–H groups in total. The van der Waals surface area contributed by atoms with Crippen molar-refractivity contribution in [3.05, 3.63) is 23.3 Å². The molecule has 3 rings (SSSR count). The van der Waals surface area contributed by atoms with Gasteiger partial charge >= 0.3 is 0 Å². The third-order valence-electron chi connectivity index (χ3n) is 4.70. The molecule has 1 aromatic rings. The van der Waals surface area contributed by atoms with E-state index in [4.69, 9.17) is 16.3 Å². The van der Waals surface area contributed by atoms with Crippen LogP contribution in [0.15, 0.2) is 12.1 Å². The molecule has 0 aliphatic carbocycles. The smallest absolute Gasteiger partial charge is 0.161 e. The predicted octanol–water partition coefficient (Wildman–Crippen LogP) is 3.24. The maximum atomic E-state index is 12.8. The summed E-state index contributed by atoms with van der Waals surface area (Å²) in [6, 6.07) is 2.91. The molecule has 0 spiro atoms. The van der Waals surface area contributed by atoms with Gasteiger partial charge in [0.2, 0.25) is 0 Å². The summed E-state index contributed by atoms with van der Waals surface area (Å²) in [7, 11) is -1.18. The molecule has 2 aliphatic heterocycles. The van der Waals surface area contributed by atoms with Gasteiger partial charge in [0.1, 0.15) is 5.78 Å². The maximum absolute atomic E-state index is 12.8. The third kappa shape index (κ3) is 3.09. The fourth-order valence-electron chi connectivity index (χ4n) is 3.58. The van der Waals surface area contributed by atoms with Crippen molar-refractivity contribution in [2.75, 3.05) is 27.2 Å². The number of nitrogens with zero attached hydrogens (tertiary/aromatic N) is 1. The van der Waals surface area contributed by atoms with Crippen molar-refractivity contribution in [1.29, 1.82) is 0 Å². The van der Waals surface area contributed by atoms with Crippen LogP contribution in [-0.2, 0) is 11.2 Å². The first-order chi connectivity index (χ1) is 12.9. The van der Waals surface area contributed by atoms with Gasteiger partial charge in [-0.2, -0.15) is 0 Å². The van der Waals surface area contributed by atoms with Crippen LogP contribution in [0.5, 0.6) is 11.5 Å². The molecule has 0 bridgehead atoms. The molecule has 2 atom stereocenters. The van der Waals surface area contributed by atoms with Gasteiger partial charge in [0.05, 0.1) is 18.3 Å². The Morgan fingerprint density at radius 1 is 1.39 bits per heavy atom. The highest BCUT2D eigenvalue weighted by Gasteiger charge is 2.38. The van der Waals surface area contributed by atoms with Gasteiger partial charge < -0.3 is 9.47 Å². The molecule has 0 aromatic heterocycles. The Bertz CT molecular complexity index is 763. The minimum absolute atomic E-state index is 0.0816. The van der Waals surface area contributed by atoms with E-state index >= 15 is 0 Å². The molecule has 4 heteroatoms. The summed E-state index contributed by atoms with van der Waals surface area (Å²) in [5, 5.41) is 0. The molecule has 1 saturated heterocycles. The molecular formula is C19H27NO3. The van der Waals surface area contributed by atoms with E-state index in [9.17, 15) is 4.79 Å². The zero-order valence-electron chi connectivity index (χ0n) is 18.9. The minimum atomic E-state index is -2.63. The Morgan fingerprint density at radius 2 is 2.17 bits per heavy atom. The SMILES string of the molecule is [2H]C([2H])([2H])Oc1cc2c(cc1OC)CCN1C2CC(=O)C(CC(C)C)C1([2H])[2H]. The van der Waals surface area contributed by atoms with Crippen molar-refractivity contribution in [1.82, 2.24) is 4.90 Å². The van der Waals surface area contributed by atoms with Crippen LogP contribution in [0.2, 0.25) is 0 Å². The van der Waals surface area contributed by atoms with Gasteiger partial charge in [0, 0.05) is 34.2 Å². The lowest BCUT2D eigenvalue weighted by molar-refractivity contribution is -0.129. The molecular weight excluding hydrogens is 290 g/mol. The number of methoxy groups -OCH3 is 2. The van der Waals surface area contributed by atoms with Crippen LogP contribution < -0.4 is 9.47 Å². The van der Waals surface area contributed by atoms with E-state index in [-0.39, 0.29) is 23.9 Å². The van der Waals surface area contributed by atoms with Gasteiger partial charge in [0.25, 0.3) is 0 Å². The summed E-state index contributed by atoms with van der Waals surface area (Å²) < 4.78 is 49.9. The molecule has 2 heterocycles. The van der Waals surface area contributed by atoms with Crippen molar-refractivity contribution in [2.45, 2.75) is 39.2 Å². The average Bonchev–Trinajstić information content (AvgIpc) is 2.56.